The van der Waals surface area contributed by atoms with E-state index in [0.717, 1.165) is 17.8 Å². The third-order valence-electron chi connectivity index (χ3n) is 4.08. The van der Waals surface area contributed by atoms with E-state index < -0.39 is 11.5 Å². The van der Waals surface area contributed by atoms with Gasteiger partial charge in [0.15, 0.2) is 0 Å². The Kier molecular flexibility index (Phi) is 6.45. The second-order valence-corrected chi connectivity index (χ2v) is 7.49. The summed E-state index contributed by atoms with van der Waals surface area (Å²) in [6.45, 7) is 1.65. The SMILES string of the molecule is CN(Cc1ccsc1)Cc1ccc(C(=O)NCc2ccccc2Cl)c(=O)[nH]1. The topological polar surface area (TPSA) is 65.2 Å². The molecule has 0 bridgehead atoms. The van der Waals surface area contributed by atoms with Crippen LogP contribution in [-0.2, 0) is 19.6 Å². The van der Waals surface area contributed by atoms with Crippen LogP contribution in [0.5, 0.6) is 0 Å². The Hall–Kier alpha value is -2.41. The summed E-state index contributed by atoms with van der Waals surface area (Å²) in [5, 5.41) is 7.46. The highest BCUT2D eigenvalue weighted by molar-refractivity contribution is 7.07. The first kappa shape index (κ1) is 19.4. The molecule has 140 valence electrons. The van der Waals surface area contributed by atoms with E-state index in [2.05, 4.69) is 26.6 Å². The second kappa shape index (κ2) is 8.99. The Labute approximate surface area is 166 Å². The molecule has 0 atom stereocenters. The fraction of sp³-hybridized carbons (Fsp3) is 0.200. The summed E-state index contributed by atoms with van der Waals surface area (Å²) in [6, 6.07) is 12.7. The van der Waals surface area contributed by atoms with Crippen LogP contribution in [0.2, 0.25) is 5.02 Å². The first-order valence-corrected chi connectivity index (χ1v) is 9.78. The molecule has 0 spiro atoms. The van der Waals surface area contributed by atoms with Crippen LogP contribution in [-0.4, -0.2) is 22.8 Å². The number of rotatable bonds is 7. The van der Waals surface area contributed by atoms with E-state index in [-0.39, 0.29) is 12.1 Å². The smallest absolute Gasteiger partial charge is 0.261 e. The third-order valence-corrected chi connectivity index (χ3v) is 5.19. The third kappa shape index (κ3) is 5.29. The normalized spacial score (nSPS) is 10.9. The number of carbonyl (C=O) groups is 1. The summed E-state index contributed by atoms with van der Waals surface area (Å²) in [4.78, 5) is 29.5. The summed E-state index contributed by atoms with van der Waals surface area (Å²) >= 11 is 7.74. The molecule has 0 radical (unpaired) electrons. The number of hydrogen-bond acceptors (Lipinski definition) is 4. The molecule has 27 heavy (non-hydrogen) atoms. The van der Waals surface area contributed by atoms with Gasteiger partial charge in [-0.2, -0.15) is 11.3 Å². The Morgan fingerprint density at radius 1 is 1.19 bits per heavy atom. The van der Waals surface area contributed by atoms with Crippen molar-refractivity contribution in [3.05, 3.63) is 91.0 Å². The zero-order chi connectivity index (χ0) is 19.2. The molecular formula is C20H20ClN3O2S. The monoisotopic (exact) mass is 401 g/mol. The molecule has 2 N–H and O–H groups in total. The maximum absolute atomic E-state index is 12.3. The average Bonchev–Trinajstić information content (AvgIpc) is 3.13. The van der Waals surface area contributed by atoms with Gasteiger partial charge in [0, 0.05) is 30.4 Å². The minimum absolute atomic E-state index is 0.0892. The van der Waals surface area contributed by atoms with E-state index in [1.807, 2.05) is 30.6 Å². The number of amides is 1. The van der Waals surface area contributed by atoms with Crippen LogP contribution < -0.4 is 10.9 Å². The van der Waals surface area contributed by atoms with Crippen LogP contribution in [0.15, 0.2) is 58.0 Å². The number of hydrogen-bond donors (Lipinski definition) is 2. The van der Waals surface area contributed by atoms with Crippen molar-refractivity contribution in [3.63, 3.8) is 0 Å². The van der Waals surface area contributed by atoms with Crippen molar-refractivity contribution in [2.24, 2.45) is 0 Å². The number of pyridine rings is 1. The van der Waals surface area contributed by atoms with Crippen LogP contribution >= 0.6 is 22.9 Å². The molecule has 0 saturated carbocycles. The van der Waals surface area contributed by atoms with Crippen LogP contribution in [0.25, 0.3) is 0 Å². The van der Waals surface area contributed by atoms with E-state index >= 15 is 0 Å². The summed E-state index contributed by atoms with van der Waals surface area (Å²) in [5.74, 6) is -0.422. The van der Waals surface area contributed by atoms with Crippen molar-refractivity contribution in [2.75, 3.05) is 7.05 Å². The fourth-order valence-corrected chi connectivity index (χ4v) is 3.60. The van der Waals surface area contributed by atoms with Crippen molar-refractivity contribution < 1.29 is 4.79 Å². The van der Waals surface area contributed by atoms with Gasteiger partial charge in [-0.15, -0.1) is 0 Å². The highest BCUT2D eigenvalue weighted by atomic mass is 35.5. The van der Waals surface area contributed by atoms with Gasteiger partial charge >= 0.3 is 0 Å². The molecule has 0 unspecified atom stereocenters. The van der Waals surface area contributed by atoms with E-state index in [4.69, 9.17) is 11.6 Å². The molecule has 2 aromatic heterocycles. The average molecular weight is 402 g/mol. The lowest BCUT2D eigenvalue weighted by atomic mass is 10.2. The lowest BCUT2D eigenvalue weighted by Gasteiger charge is -2.16. The van der Waals surface area contributed by atoms with Gasteiger partial charge in [-0.05, 0) is 53.2 Å². The highest BCUT2D eigenvalue weighted by Gasteiger charge is 2.12. The molecule has 1 amide bonds. The summed E-state index contributed by atoms with van der Waals surface area (Å²) in [6.07, 6.45) is 0. The number of halogens is 1. The molecule has 0 saturated heterocycles. The number of nitrogens with one attached hydrogen (secondary N) is 2. The van der Waals surface area contributed by atoms with E-state index in [1.165, 1.54) is 5.56 Å². The van der Waals surface area contributed by atoms with Crippen molar-refractivity contribution in [3.8, 4) is 0 Å². The zero-order valence-electron chi connectivity index (χ0n) is 14.9. The predicted molar refractivity (Wildman–Crippen MR) is 109 cm³/mol. The van der Waals surface area contributed by atoms with E-state index in [0.29, 0.717) is 11.6 Å². The van der Waals surface area contributed by atoms with Gasteiger partial charge in [0.2, 0.25) is 0 Å². The minimum Gasteiger partial charge on any atom is -0.348 e. The van der Waals surface area contributed by atoms with Gasteiger partial charge in [0.1, 0.15) is 5.56 Å². The Balaban J connectivity index is 1.61. The predicted octanol–water partition coefficient (Wildman–Crippen LogP) is 3.65. The highest BCUT2D eigenvalue weighted by Crippen LogP contribution is 2.14. The molecule has 0 aliphatic rings. The van der Waals surface area contributed by atoms with Crippen molar-refractivity contribution in [1.29, 1.82) is 0 Å². The van der Waals surface area contributed by atoms with Crippen molar-refractivity contribution >= 4 is 28.8 Å². The Morgan fingerprint density at radius 2 is 2.00 bits per heavy atom. The van der Waals surface area contributed by atoms with E-state index in [9.17, 15) is 9.59 Å². The summed E-state index contributed by atoms with van der Waals surface area (Å²) < 4.78 is 0. The largest absolute Gasteiger partial charge is 0.348 e. The van der Waals surface area contributed by atoms with Gasteiger partial charge in [-0.3, -0.25) is 14.5 Å². The van der Waals surface area contributed by atoms with Gasteiger partial charge in [0.25, 0.3) is 11.5 Å². The number of thiophene rings is 1. The molecule has 0 aliphatic heterocycles. The maximum Gasteiger partial charge on any atom is 0.261 e. The number of aromatic nitrogens is 1. The van der Waals surface area contributed by atoms with Gasteiger partial charge in [-0.1, -0.05) is 29.8 Å². The van der Waals surface area contributed by atoms with Crippen LogP contribution in [0.3, 0.4) is 0 Å². The van der Waals surface area contributed by atoms with Crippen LogP contribution in [0.4, 0.5) is 0 Å². The Bertz CT molecular complexity index is 969. The lowest BCUT2D eigenvalue weighted by molar-refractivity contribution is 0.0949. The molecule has 2 heterocycles. The number of aromatic amines is 1. The summed E-state index contributed by atoms with van der Waals surface area (Å²) in [7, 11) is 1.99. The van der Waals surface area contributed by atoms with Crippen molar-refractivity contribution in [2.45, 2.75) is 19.6 Å². The lowest BCUT2D eigenvalue weighted by Crippen LogP contribution is -2.30. The first-order chi connectivity index (χ1) is 13.0. The number of H-pyrrole nitrogens is 1. The van der Waals surface area contributed by atoms with Crippen LogP contribution in [0.1, 0.15) is 27.2 Å². The van der Waals surface area contributed by atoms with Gasteiger partial charge in [0.05, 0.1) is 0 Å². The Morgan fingerprint density at radius 3 is 2.70 bits per heavy atom. The van der Waals surface area contributed by atoms with Gasteiger partial charge < -0.3 is 10.3 Å². The molecule has 0 aliphatic carbocycles. The first-order valence-electron chi connectivity index (χ1n) is 8.46. The molecule has 5 nitrogen and oxygen atoms in total. The summed E-state index contributed by atoms with van der Waals surface area (Å²) in [5.41, 5.74) is 2.50. The number of nitrogens with zero attached hydrogens (tertiary/aromatic N) is 1. The standard InChI is InChI=1S/C20H20ClN3O2S/c1-24(11-14-8-9-27-13-14)12-16-6-7-17(20(26)23-16)19(25)22-10-15-4-2-3-5-18(15)21/h2-9,13H,10-12H2,1H3,(H,22,25)(H,23,26). The molecule has 0 fully saturated rings. The minimum atomic E-state index is -0.422. The number of carbonyl (C=O) groups excluding carboxylic acids is 1. The quantitative estimate of drug-likeness (QED) is 0.635. The molecule has 1 aromatic carbocycles. The maximum atomic E-state index is 12.3. The van der Waals surface area contributed by atoms with Gasteiger partial charge in [-0.25, -0.2) is 0 Å². The van der Waals surface area contributed by atoms with Crippen LogP contribution in [0, 0.1) is 0 Å². The molecule has 3 rings (SSSR count). The van der Waals surface area contributed by atoms with Crippen molar-refractivity contribution in [1.82, 2.24) is 15.2 Å². The molecular weight excluding hydrogens is 382 g/mol. The fourth-order valence-electron chi connectivity index (χ4n) is 2.74. The molecule has 7 heteroatoms. The zero-order valence-corrected chi connectivity index (χ0v) is 16.4. The molecule has 3 aromatic rings. The van der Waals surface area contributed by atoms with E-state index in [1.54, 1.807) is 29.5 Å². The number of benzene rings is 1. The second-order valence-electron chi connectivity index (χ2n) is 6.30.